The molecule has 49 heavy (non-hydrogen) atoms. The van der Waals surface area contributed by atoms with Crippen LogP contribution in [0.1, 0.15) is 0 Å². The molecule has 0 spiro atoms. The zero-order valence-corrected chi connectivity index (χ0v) is 26.6. The van der Waals surface area contributed by atoms with Crippen molar-refractivity contribution >= 4 is 71.6 Å². The first-order valence-electron chi connectivity index (χ1n) is 16.7. The second-order valence-electron chi connectivity index (χ2n) is 12.5. The maximum atomic E-state index is 6.36. The van der Waals surface area contributed by atoms with Gasteiger partial charge in [-0.1, -0.05) is 127 Å². The van der Waals surface area contributed by atoms with Gasteiger partial charge in [-0.05, 0) is 65.5 Å². The number of hydrogen-bond donors (Lipinski definition) is 0. The van der Waals surface area contributed by atoms with Gasteiger partial charge in [0.2, 0.25) is 0 Å². The first-order chi connectivity index (χ1) is 24.3. The summed E-state index contributed by atoms with van der Waals surface area (Å²) in [6.45, 7) is 0. The normalized spacial score (nSPS) is 11.7. The fraction of sp³-hybridized carbons (Fsp3) is 0. The van der Waals surface area contributed by atoms with Crippen LogP contribution < -0.4 is 4.90 Å². The third-order valence-corrected chi connectivity index (χ3v) is 9.78. The van der Waals surface area contributed by atoms with Crippen LogP contribution in [-0.2, 0) is 0 Å². The molecule has 8 aromatic carbocycles. The van der Waals surface area contributed by atoms with Crippen molar-refractivity contribution in [2.45, 2.75) is 0 Å². The molecule has 0 fully saturated rings. The van der Waals surface area contributed by atoms with Crippen LogP contribution in [-0.4, -0.2) is 4.57 Å². The molecule has 0 saturated carbocycles. The van der Waals surface area contributed by atoms with Crippen molar-refractivity contribution in [3.8, 4) is 16.8 Å². The molecule has 0 aliphatic heterocycles. The first-order valence-corrected chi connectivity index (χ1v) is 16.7. The molecule has 3 heteroatoms. The Hall–Kier alpha value is -6.58. The molecule has 10 aromatic rings. The van der Waals surface area contributed by atoms with Crippen molar-refractivity contribution in [2.75, 3.05) is 4.90 Å². The number of furan rings is 1. The lowest BCUT2D eigenvalue weighted by atomic mass is 9.96. The fourth-order valence-corrected chi connectivity index (χ4v) is 7.66. The van der Waals surface area contributed by atoms with Crippen molar-refractivity contribution in [1.29, 1.82) is 0 Å². The van der Waals surface area contributed by atoms with E-state index in [1.165, 1.54) is 27.1 Å². The lowest BCUT2D eigenvalue weighted by Crippen LogP contribution is -2.12. The number of rotatable bonds is 5. The van der Waals surface area contributed by atoms with E-state index < -0.39 is 0 Å². The molecule has 0 atom stereocenters. The molecular formula is C46H30N2O. The number of anilines is 3. The highest BCUT2D eigenvalue weighted by atomic mass is 16.3. The van der Waals surface area contributed by atoms with Crippen molar-refractivity contribution in [3.05, 3.63) is 182 Å². The van der Waals surface area contributed by atoms with E-state index in [1.807, 2.05) is 6.07 Å². The van der Waals surface area contributed by atoms with Crippen LogP contribution in [0.25, 0.3) is 71.3 Å². The number of benzene rings is 8. The maximum absolute atomic E-state index is 6.36. The van der Waals surface area contributed by atoms with E-state index in [0.29, 0.717) is 0 Å². The molecule has 0 unspecified atom stereocenters. The van der Waals surface area contributed by atoms with Gasteiger partial charge in [0, 0.05) is 43.9 Å². The van der Waals surface area contributed by atoms with Gasteiger partial charge < -0.3 is 13.9 Å². The fourth-order valence-electron chi connectivity index (χ4n) is 7.66. The van der Waals surface area contributed by atoms with E-state index in [2.05, 4.69) is 185 Å². The molecule has 0 radical (unpaired) electrons. The van der Waals surface area contributed by atoms with Gasteiger partial charge in [0.15, 0.2) is 0 Å². The quantitative estimate of drug-likeness (QED) is 0.190. The van der Waals surface area contributed by atoms with Gasteiger partial charge >= 0.3 is 0 Å². The molecule has 3 nitrogen and oxygen atoms in total. The van der Waals surface area contributed by atoms with Gasteiger partial charge in [0.1, 0.15) is 11.2 Å². The average Bonchev–Trinajstić information content (AvgIpc) is 3.71. The summed E-state index contributed by atoms with van der Waals surface area (Å²) in [4.78, 5) is 2.44. The summed E-state index contributed by atoms with van der Waals surface area (Å²) in [5.74, 6) is 0. The van der Waals surface area contributed by atoms with E-state index in [-0.39, 0.29) is 0 Å². The van der Waals surface area contributed by atoms with Crippen LogP contribution in [0, 0.1) is 0 Å². The lowest BCUT2D eigenvalue weighted by Gasteiger charge is -2.29. The second-order valence-corrected chi connectivity index (χ2v) is 12.5. The van der Waals surface area contributed by atoms with Gasteiger partial charge in [-0.25, -0.2) is 0 Å². The Labute approximate surface area is 283 Å². The summed E-state index contributed by atoms with van der Waals surface area (Å²) in [7, 11) is 0. The molecule has 0 amide bonds. The average molecular weight is 627 g/mol. The first kappa shape index (κ1) is 27.5. The highest BCUT2D eigenvalue weighted by molar-refractivity contribution is 6.15. The Morgan fingerprint density at radius 3 is 1.96 bits per heavy atom. The third kappa shape index (κ3) is 4.29. The van der Waals surface area contributed by atoms with Crippen LogP contribution in [0.2, 0.25) is 0 Å². The number of nitrogens with zero attached hydrogens (tertiary/aromatic N) is 2. The van der Waals surface area contributed by atoms with E-state index in [0.717, 1.165) is 61.3 Å². The van der Waals surface area contributed by atoms with Crippen LogP contribution in [0.15, 0.2) is 186 Å². The number of aromatic nitrogens is 1. The maximum Gasteiger partial charge on any atom is 0.136 e. The smallest absolute Gasteiger partial charge is 0.136 e. The number of fused-ring (bicyclic) bond motifs is 7. The third-order valence-electron chi connectivity index (χ3n) is 9.78. The summed E-state index contributed by atoms with van der Waals surface area (Å²) < 4.78 is 8.75. The Kier molecular flexibility index (Phi) is 6.18. The van der Waals surface area contributed by atoms with Crippen molar-refractivity contribution in [3.63, 3.8) is 0 Å². The SMILES string of the molecule is c1ccc(-n2c3ccccc3c3ccc(N(c4ccccc4-c4cccc5oc6ccccc6c45)c4cccc5ccccc45)cc32)cc1. The van der Waals surface area contributed by atoms with Crippen molar-refractivity contribution in [1.82, 2.24) is 4.57 Å². The van der Waals surface area contributed by atoms with Gasteiger partial charge in [-0.3, -0.25) is 0 Å². The zero-order valence-electron chi connectivity index (χ0n) is 26.6. The Bertz CT molecular complexity index is 2840. The van der Waals surface area contributed by atoms with E-state index in [4.69, 9.17) is 4.42 Å². The summed E-state index contributed by atoms with van der Waals surface area (Å²) in [6.07, 6.45) is 0. The molecule has 2 aromatic heterocycles. The van der Waals surface area contributed by atoms with Crippen molar-refractivity contribution < 1.29 is 4.42 Å². The Balaban J connectivity index is 1.29. The van der Waals surface area contributed by atoms with Crippen LogP contribution in [0.4, 0.5) is 17.1 Å². The molecule has 0 aliphatic rings. The topological polar surface area (TPSA) is 21.3 Å². The molecule has 0 N–H and O–H groups in total. The lowest BCUT2D eigenvalue weighted by molar-refractivity contribution is 0.669. The van der Waals surface area contributed by atoms with E-state index in [1.54, 1.807) is 0 Å². The predicted molar refractivity (Wildman–Crippen MR) is 206 cm³/mol. The summed E-state index contributed by atoms with van der Waals surface area (Å²) in [5, 5.41) is 7.10. The Morgan fingerprint density at radius 2 is 1.04 bits per heavy atom. The van der Waals surface area contributed by atoms with E-state index >= 15 is 0 Å². The molecule has 0 aliphatic carbocycles. The van der Waals surface area contributed by atoms with Crippen LogP contribution in [0.5, 0.6) is 0 Å². The van der Waals surface area contributed by atoms with Gasteiger partial charge in [-0.15, -0.1) is 0 Å². The molecule has 0 bridgehead atoms. The molecule has 0 saturated heterocycles. The van der Waals surface area contributed by atoms with Crippen LogP contribution >= 0.6 is 0 Å². The molecule has 2 heterocycles. The van der Waals surface area contributed by atoms with Crippen LogP contribution in [0.3, 0.4) is 0 Å². The summed E-state index contributed by atoms with van der Waals surface area (Å²) in [6, 6.07) is 65.0. The van der Waals surface area contributed by atoms with Gasteiger partial charge in [-0.2, -0.15) is 0 Å². The Morgan fingerprint density at radius 1 is 0.408 bits per heavy atom. The van der Waals surface area contributed by atoms with Gasteiger partial charge in [0.25, 0.3) is 0 Å². The number of hydrogen-bond acceptors (Lipinski definition) is 2. The standard InChI is InChI=1S/C46H30N2O/c1-2-16-32(17-3-1)47-41-23-9-6-19-35(41)37-29-28-33(30-43(37)47)48(40-25-12-15-31-14-4-5-18-34(31)40)42-24-10-7-20-36(42)38-22-13-27-45-46(38)39-21-8-11-26-44(39)49-45/h1-30H. The minimum absolute atomic E-state index is 0.888. The number of para-hydroxylation sites is 4. The summed E-state index contributed by atoms with van der Waals surface area (Å²) in [5.41, 5.74) is 10.9. The predicted octanol–water partition coefficient (Wildman–Crippen LogP) is 13.0. The minimum Gasteiger partial charge on any atom is -0.456 e. The molecule has 10 rings (SSSR count). The minimum atomic E-state index is 0.888. The molecular weight excluding hydrogens is 597 g/mol. The van der Waals surface area contributed by atoms with E-state index in [9.17, 15) is 0 Å². The largest absolute Gasteiger partial charge is 0.456 e. The van der Waals surface area contributed by atoms with Crippen molar-refractivity contribution in [2.24, 2.45) is 0 Å². The highest BCUT2D eigenvalue weighted by Gasteiger charge is 2.23. The van der Waals surface area contributed by atoms with Gasteiger partial charge in [0.05, 0.1) is 22.4 Å². The second kappa shape index (κ2) is 11.0. The zero-order chi connectivity index (χ0) is 32.3. The summed E-state index contributed by atoms with van der Waals surface area (Å²) >= 11 is 0. The highest BCUT2D eigenvalue weighted by Crippen LogP contribution is 2.47. The monoisotopic (exact) mass is 626 g/mol. The molecule has 230 valence electrons.